The molecule has 2 aromatic rings. The van der Waals surface area contributed by atoms with Crippen LogP contribution < -0.4 is 5.32 Å². The molecule has 0 bridgehead atoms. The lowest BCUT2D eigenvalue weighted by Crippen LogP contribution is -2.24. The number of benzene rings is 2. The van der Waals surface area contributed by atoms with Gasteiger partial charge >= 0.3 is 0 Å². The summed E-state index contributed by atoms with van der Waals surface area (Å²) in [6.45, 7) is 0. The van der Waals surface area contributed by atoms with Crippen molar-refractivity contribution >= 4 is 46.8 Å². The van der Waals surface area contributed by atoms with Gasteiger partial charge in [0.15, 0.2) is 0 Å². The van der Waals surface area contributed by atoms with Crippen molar-refractivity contribution in [2.24, 2.45) is 0 Å². The van der Waals surface area contributed by atoms with Gasteiger partial charge in [-0.15, -0.1) is 12.4 Å². The highest BCUT2D eigenvalue weighted by Crippen LogP contribution is 2.42. The summed E-state index contributed by atoms with van der Waals surface area (Å²) in [7, 11) is 2.00. The third-order valence-corrected chi connectivity index (χ3v) is 6.19. The molecule has 1 unspecified atom stereocenters. The molecular formula is C19H22Cl3NOS. The van der Waals surface area contributed by atoms with Gasteiger partial charge in [-0.3, -0.25) is 0 Å². The van der Waals surface area contributed by atoms with Crippen LogP contribution in [0, 0.1) is 0 Å². The van der Waals surface area contributed by atoms with E-state index in [4.69, 9.17) is 23.2 Å². The number of nitrogens with one attached hydrogen (secondary N) is 1. The second-order valence-electron chi connectivity index (χ2n) is 6.33. The van der Waals surface area contributed by atoms with E-state index >= 15 is 0 Å². The van der Waals surface area contributed by atoms with E-state index in [2.05, 4.69) is 29.6 Å². The standard InChI is InChI=1S/C19H21Cl2NOS.ClH/c1-22-19-8-6-14(13-4-7-17(20)18(21)10-13)15-5-3-12(9-16(15)19)11-24(2)23;/h3-5,7,9-10,14,19,22H,6,8,11H2,1-2H3;1H/t14-,19-,24?;/m0./s1. The first-order valence-corrected chi connectivity index (χ1v) is 10.5. The molecule has 0 spiro atoms. The van der Waals surface area contributed by atoms with Crippen molar-refractivity contribution in [3.63, 3.8) is 0 Å². The van der Waals surface area contributed by atoms with Crippen molar-refractivity contribution in [2.45, 2.75) is 30.6 Å². The van der Waals surface area contributed by atoms with Gasteiger partial charge in [-0.1, -0.05) is 52.6 Å². The topological polar surface area (TPSA) is 35.1 Å². The van der Waals surface area contributed by atoms with Crippen molar-refractivity contribution in [1.82, 2.24) is 5.32 Å². The molecule has 3 rings (SSSR count). The summed E-state index contributed by atoms with van der Waals surface area (Å²) in [6.07, 6.45) is 3.87. The maximum Gasteiger partial charge on any atom is 0.130 e. The zero-order valence-electron chi connectivity index (χ0n) is 14.2. The normalized spacial score (nSPS) is 20.5. The molecule has 0 saturated carbocycles. The zero-order valence-corrected chi connectivity index (χ0v) is 17.4. The lowest BCUT2D eigenvalue weighted by Gasteiger charge is -2.32. The fraction of sp³-hybridized carbons (Fsp3) is 0.368. The maximum absolute atomic E-state index is 11.6. The van der Waals surface area contributed by atoms with Crippen molar-refractivity contribution in [3.8, 4) is 0 Å². The van der Waals surface area contributed by atoms with Crippen LogP contribution in [0.2, 0.25) is 10.0 Å². The summed E-state index contributed by atoms with van der Waals surface area (Å²) >= 11 is 11.5. The van der Waals surface area contributed by atoms with Crippen LogP contribution in [-0.2, 0) is 16.9 Å². The number of fused-ring (bicyclic) bond motifs is 1. The van der Waals surface area contributed by atoms with Crippen molar-refractivity contribution in [2.75, 3.05) is 13.3 Å². The molecule has 0 radical (unpaired) electrons. The number of hydrogen-bond acceptors (Lipinski definition) is 2. The second kappa shape index (κ2) is 8.98. The van der Waals surface area contributed by atoms with Gasteiger partial charge in [-0.2, -0.15) is 0 Å². The van der Waals surface area contributed by atoms with Gasteiger partial charge < -0.3 is 9.87 Å². The van der Waals surface area contributed by atoms with E-state index in [0.29, 0.717) is 27.8 Å². The lowest BCUT2D eigenvalue weighted by molar-refractivity contribution is 0.470. The fourth-order valence-electron chi connectivity index (χ4n) is 3.59. The SMILES string of the molecule is CN[C@H]1CC[C@@H](c2ccc(Cl)c(Cl)c2)c2ccc(C[S+](C)[O-])cc21.Cl. The Labute approximate surface area is 168 Å². The quantitative estimate of drug-likeness (QED) is 0.667. The Bertz CT molecular complexity index is 739. The molecule has 3 atom stereocenters. The van der Waals surface area contributed by atoms with Crippen LogP contribution in [0.4, 0.5) is 0 Å². The van der Waals surface area contributed by atoms with Crippen molar-refractivity contribution in [3.05, 3.63) is 68.7 Å². The van der Waals surface area contributed by atoms with Crippen LogP contribution in [0.25, 0.3) is 0 Å². The zero-order chi connectivity index (χ0) is 17.3. The lowest BCUT2D eigenvalue weighted by atomic mass is 9.76. The molecule has 1 N–H and O–H groups in total. The highest BCUT2D eigenvalue weighted by atomic mass is 35.5. The Kier molecular flexibility index (Phi) is 7.51. The van der Waals surface area contributed by atoms with E-state index in [0.717, 1.165) is 18.4 Å². The minimum Gasteiger partial charge on any atom is -0.616 e. The van der Waals surface area contributed by atoms with E-state index in [-0.39, 0.29) is 12.4 Å². The van der Waals surface area contributed by atoms with Gasteiger partial charge in [0.25, 0.3) is 0 Å². The predicted molar refractivity (Wildman–Crippen MR) is 111 cm³/mol. The van der Waals surface area contributed by atoms with Gasteiger partial charge in [-0.25, -0.2) is 0 Å². The summed E-state index contributed by atoms with van der Waals surface area (Å²) in [6, 6.07) is 12.8. The van der Waals surface area contributed by atoms with Crippen LogP contribution in [0.1, 0.15) is 47.1 Å². The smallest absolute Gasteiger partial charge is 0.130 e. The third-order valence-electron chi connectivity index (χ3n) is 4.71. The Balaban J connectivity index is 0.00000225. The van der Waals surface area contributed by atoms with Crippen LogP contribution in [0.5, 0.6) is 0 Å². The van der Waals surface area contributed by atoms with Crippen LogP contribution >= 0.6 is 35.6 Å². The maximum atomic E-state index is 11.6. The Morgan fingerprint density at radius 1 is 1.08 bits per heavy atom. The molecule has 0 aliphatic heterocycles. The summed E-state index contributed by atoms with van der Waals surface area (Å²) in [5.41, 5.74) is 4.96. The molecule has 0 amide bonds. The molecule has 25 heavy (non-hydrogen) atoms. The van der Waals surface area contributed by atoms with E-state index in [9.17, 15) is 4.55 Å². The molecule has 1 aliphatic rings. The Morgan fingerprint density at radius 2 is 1.84 bits per heavy atom. The predicted octanol–water partition coefficient (Wildman–Crippen LogP) is 5.48. The molecule has 2 aromatic carbocycles. The van der Waals surface area contributed by atoms with E-state index in [1.165, 1.54) is 16.7 Å². The third kappa shape index (κ3) is 4.65. The monoisotopic (exact) mass is 417 g/mol. The Morgan fingerprint density at radius 3 is 2.48 bits per heavy atom. The van der Waals surface area contributed by atoms with Crippen LogP contribution in [-0.4, -0.2) is 17.9 Å². The average molecular weight is 419 g/mol. The largest absolute Gasteiger partial charge is 0.616 e. The van der Waals surface area contributed by atoms with Crippen LogP contribution in [0.15, 0.2) is 36.4 Å². The number of rotatable bonds is 4. The van der Waals surface area contributed by atoms with Crippen molar-refractivity contribution in [1.29, 1.82) is 0 Å². The molecule has 1 aliphatic carbocycles. The second-order valence-corrected chi connectivity index (χ2v) is 8.58. The minimum atomic E-state index is -0.834. The fourth-order valence-corrected chi connectivity index (χ4v) is 4.54. The first kappa shape index (κ1) is 20.9. The van der Waals surface area contributed by atoms with Gasteiger partial charge in [0.1, 0.15) is 5.75 Å². The Hall–Kier alpha value is -0.420. The van der Waals surface area contributed by atoms with Gasteiger partial charge in [0.2, 0.25) is 0 Å². The highest BCUT2D eigenvalue weighted by molar-refractivity contribution is 7.89. The summed E-state index contributed by atoms with van der Waals surface area (Å²) in [4.78, 5) is 0. The van der Waals surface area contributed by atoms with Crippen molar-refractivity contribution < 1.29 is 4.55 Å². The summed E-state index contributed by atoms with van der Waals surface area (Å²) < 4.78 is 11.6. The van der Waals surface area contributed by atoms with E-state index < -0.39 is 11.2 Å². The minimum absolute atomic E-state index is 0. The first-order chi connectivity index (χ1) is 11.5. The van der Waals surface area contributed by atoms with Gasteiger partial charge in [0.05, 0.1) is 16.3 Å². The number of halogens is 3. The van der Waals surface area contributed by atoms with Crippen LogP contribution in [0.3, 0.4) is 0 Å². The molecule has 136 valence electrons. The number of hydrogen-bond donors (Lipinski definition) is 1. The molecule has 2 nitrogen and oxygen atoms in total. The summed E-state index contributed by atoms with van der Waals surface area (Å²) in [5.74, 6) is 0.918. The molecule has 6 heteroatoms. The van der Waals surface area contributed by atoms with E-state index in [1.54, 1.807) is 6.26 Å². The summed E-state index contributed by atoms with van der Waals surface area (Å²) in [5, 5.41) is 4.60. The van der Waals surface area contributed by atoms with E-state index in [1.807, 2.05) is 19.2 Å². The van der Waals surface area contributed by atoms with Gasteiger partial charge in [-0.05, 0) is 54.8 Å². The molecule has 0 aromatic heterocycles. The molecule has 0 saturated heterocycles. The average Bonchev–Trinajstić information content (AvgIpc) is 2.55. The van der Waals surface area contributed by atoms with Gasteiger partial charge in [0, 0.05) is 17.5 Å². The molecule has 0 heterocycles. The first-order valence-electron chi connectivity index (χ1n) is 8.04. The highest BCUT2D eigenvalue weighted by Gasteiger charge is 2.28. The molecular weight excluding hydrogens is 397 g/mol. The molecule has 0 fully saturated rings.